The van der Waals surface area contributed by atoms with Gasteiger partial charge in [0.25, 0.3) is 0 Å². The quantitative estimate of drug-likeness (QED) is 0.339. The molecule has 0 unspecified atom stereocenters. The fourth-order valence-corrected chi connectivity index (χ4v) is 4.28. The Morgan fingerprint density at radius 1 is 0.970 bits per heavy atom. The van der Waals surface area contributed by atoms with E-state index in [1.807, 2.05) is 4.90 Å². The van der Waals surface area contributed by atoms with Gasteiger partial charge >= 0.3 is 0 Å². The van der Waals surface area contributed by atoms with Crippen LogP contribution in [-0.2, 0) is 17.8 Å². The van der Waals surface area contributed by atoms with Crippen molar-refractivity contribution in [2.24, 2.45) is 4.99 Å². The van der Waals surface area contributed by atoms with E-state index in [0.29, 0.717) is 38.4 Å². The molecule has 4 rings (SSSR count). The fourth-order valence-electron chi connectivity index (χ4n) is 4.28. The maximum Gasteiger partial charge on any atom is 0.194 e. The number of guanidine groups is 1. The van der Waals surface area contributed by atoms with Gasteiger partial charge in [-0.25, -0.2) is 8.78 Å². The molecule has 2 aromatic rings. The number of rotatable bonds is 5. The molecule has 0 saturated carbocycles. The maximum atomic E-state index is 14.1. The zero-order valence-electron chi connectivity index (χ0n) is 19.0. The minimum absolute atomic E-state index is 0. The van der Waals surface area contributed by atoms with Crippen LogP contribution in [0.25, 0.3) is 0 Å². The van der Waals surface area contributed by atoms with E-state index in [1.165, 1.54) is 23.3 Å². The molecule has 0 aliphatic carbocycles. The Labute approximate surface area is 211 Å². The highest BCUT2D eigenvalue weighted by atomic mass is 127. The predicted octanol–water partition coefficient (Wildman–Crippen LogP) is 3.31. The number of piperazine rings is 1. The van der Waals surface area contributed by atoms with Crippen LogP contribution in [0.15, 0.2) is 47.5 Å². The minimum Gasteiger partial charge on any atom is -0.379 e. The number of halogens is 3. The molecule has 9 heteroatoms. The number of benzene rings is 2. The summed E-state index contributed by atoms with van der Waals surface area (Å²) >= 11 is 0. The Kier molecular flexibility index (Phi) is 9.69. The molecule has 0 spiro atoms. The van der Waals surface area contributed by atoms with Gasteiger partial charge in [0.2, 0.25) is 0 Å². The number of nitrogens with zero attached hydrogens (tertiary/aromatic N) is 4. The van der Waals surface area contributed by atoms with Gasteiger partial charge in [0, 0.05) is 65.5 Å². The smallest absolute Gasteiger partial charge is 0.194 e. The average Bonchev–Trinajstić information content (AvgIpc) is 2.83. The molecule has 2 aliphatic rings. The van der Waals surface area contributed by atoms with Gasteiger partial charge in [-0.1, -0.05) is 24.3 Å². The predicted molar refractivity (Wildman–Crippen MR) is 138 cm³/mol. The van der Waals surface area contributed by atoms with Gasteiger partial charge in [-0.05, 0) is 23.3 Å². The van der Waals surface area contributed by atoms with Crippen molar-refractivity contribution in [2.45, 2.75) is 13.1 Å². The van der Waals surface area contributed by atoms with Gasteiger partial charge in [0.1, 0.15) is 11.6 Å². The van der Waals surface area contributed by atoms with Crippen LogP contribution in [0.5, 0.6) is 0 Å². The SMILES string of the molecule is CN=C(NCc1ccccc1CN1CCOCC1)N1CCN(c2cc(F)ccc2F)CC1.I. The molecule has 2 aliphatic heterocycles. The van der Waals surface area contributed by atoms with Crippen molar-refractivity contribution in [3.63, 3.8) is 0 Å². The maximum absolute atomic E-state index is 14.1. The van der Waals surface area contributed by atoms with Crippen LogP contribution >= 0.6 is 24.0 Å². The van der Waals surface area contributed by atoms with E-state index in [-0.39, 0.29) is 29.8 Å². The van der Waals surface area contributed by atoms with E-state index in [0.717, 1.165) is 44.9 Å². The molecule has 1 N–H and O–H groups in total. The summed E-state index contributed by atoms with van der Waals surface area (Å²) in [6.07, 6.45) is 0. The minimum atomic E-state index is -0.419. The summed E-state index contributed by atoms with van der Waals surface area (Å²) in [7, 11) is 1.78. The van der Waals surface area contributed by atoms with E-state index in [1.54, 1.807) is 7.05 Å². The molecule has 0 bridgehead atoms. The standard InChI is InChI=1S/C24H31F2N5O.HI/c1-27-24(31-10-8-30(9-11-31)23-16-21(25)6-7-22(23)26)28-17-19-4-2-3-5-20(19)18-29-12-14-32-15-13-29;/h2-7,16H,8-15,17-18H2,1H3,(H,27,28);1H. The summed E-state index contributed by atoms with van der Waals surface area (Å²) in [5.41, 5.74) is 2.88. The molecule has 2 fully saturated rings. The number of morpholine rings is 1. The van der Waals surface area contributed by atoms with Gasteiger partial charge < -0.3 is 19.9 Å². The molecular weight excluding hydrogens is 539 g/mol. The third-order valence-corrected chi connectivity index (χ3v) is 6.09. The highest BCUT2D eigenvalue weighted by Gasteiger charge is 2.22. The van der Waals surface area contributed by atoms with E-state index in [2.05, 4.69) is 44.4 Å². The zero-order chi connectivity index (χ0) is 22.3. The topological polar surface area (TPSA) is 43.3 Å². The summed E-state index contributed by atoms with van der Waals surface area (Å²) in [6, 6.07) is 12.1. The second-order valence-electron chi connectivity index (χ2n) is 8.13. The van der Waals surface area contributed by atoms with Gasteiger partial charge in [0.05, 0.1) is 18.9 Å². The molecule has 33 heavy (non-hydrogen) atoms. The summed E-state index contributed by atoms with van der Waals surface area (Å²) in [5.74, 6) is 0.0156. The highest BCUT2D eigenvalue weighted by molar-refractivity contribution is 14.0. The van der Waals surface area contributed by atoms with E-state index in [4.69, 9.17) is 4.74 Å². The van der Waals surface area contributed by atoms with Crippen LogP contribution in [0.4, 0.5) is 14.5 Å². The van der Waals surface area contributed by atoms with Gasteiger partial charge in [0.15, 0.2) is 5.96 Å². The second kappa shape index (κ2) is 12.5. The average molecular weight is 571 g/mol. The third-order valence-electron chi connectivity index (χ3n) is 6.09. The van der Waals surface area contributed by atoms with Crippen molar-refractivity contribution >= 4 is 35.6 Å². The number of nitrogens with one attached hydrogen (secondary N) is 1. The van der Waals surface area contributed by atoms with Crippen molar-refractivity contribution in [3.05, 3.63) is 65.2 Å². The Hall–Kier alpha value is -1.98. The molecule has 2 aromatic carbocycles. The van der Waals surface area contributed by atoms with Crippen LogP contribution in [0.3, 0.4) is 0 Å². The van der Waals surface area contributed by atoms with E-state index < -0.39 is 5.82 Å². The van der Waals surface area contributed by atoms with Crippen molar-refractivity contribution in [2.75, 3.05) is 64.4 Å². The first-order valence-corrected chi connectivity index (χ1v) is 11.2. The summed E-state index contributed by atoms with van der Waals surface area (Å²) in [5, 5.41) is 3.49. The fraction of sp³-hybridized carbons (Fsp3) is 0.458. The van der Waals surface area contributed by atoms with Crippen molar-refractivity contribution in [1.82, 2.24) is 15.1 Å². The normalized spacial score (nSPS) is 17.6. The molecule has 2 saturated heterocycles. The van der Waals surface area contributed by atoms with Gasteiger partial charge in [-0.3, -0.25) is 9.89 Å². The van der Waals surface area contributed by atoms with Crippen LogP contribution in [0.2, 0.25) is 0 Å². The van der Waals surface area contributed by atoms with Crippen LogP contribution in [-0.4, -0.2) is 75.3 Å². The summed E-state index contributed by atoms with van der Waals surface area (Å²) < 4.78 is 33.1. The molecule has 0 aromatic heterocycles. The number of ether oxygens (including phenoxy) is 1. The molecule has 2 heterocycles. The lowest BCUT2D eigenvalue weighted by Gasteiger charge is -2.37. The monoisotopic (exact) mass is 571 g/mol. The van der Waals surface area contributed by atoms with E-state index in [9.17, 15) is 8.78 Å². The highest BCUT2D eigenvalue weighted by Crippen LogP contribution is 2.22. The molecule has 0 radical (unpaired) electrons. The first-order chi connectivity index (χ1) is 15.6. The molecule has 0 amide bonds. The van der Waals surface area contributed by atoms with Crippen molar-refractivity contribution in [3.8, 4) is 0 Å². The second-order valence-corrected chi connectivity index (χ2v) is 8.13. The Morgan fingerprint density at radius 3 is 2.36 bits per heavy atom. The number of hydrogen-bond donors (Lipinski definition) is 1. The van der Waals surface area contributed by atoms with Crippen LogP contribution in [0.1, 0.15) is 11.1 Å². The van der Waals surface area contributed by atoms with E-state index >= 15 is 0 Å². The van der Waals surface area contributed by atoms with Gasteiger partial charge in [-0.2, -0.15) is 0 Å². The largest absolute Gasteiger partial charge is 0.379 e. The van der Waals surface area contributed by atoms with Crippen molar-refractivity contribution in [1.29, 1.82) is 0 Å². The number of aliphatic imine (C=N–C) groups is 1. The molecular formula is C24H32F2IN5O. The molecule has 180 valence electrons. The van der Waals surface area contributed by atoms with Crippen molar-refractivity contribution < 1.29 is 13.5 Å². The third kappa shape index (κ3) is 6.77. The Bertz CT molecular complexity index is 931. The molecule has 6 nitrogen and oxygen atoms in total. The van der Waals surface area contributed by atoms with Crippen LogP contribution in [0, 0.1) is 11.6 Å². The molecule has 0 atom stereocenters. The lowest BCUT2D eigenvalue weighted by molar-refractivity contribution is 0.0341. The number of hydrogen-bond acceptors (Lipinski definition) is 4. The number of anilines is 1. The summed E-state index contributed by atoms with van der Waals surface area (Å²) in [4.78, 5) is 10.9. The lowest BCUT2D eigenvalue weighted by Crippen LogP contribution is -2.52. The first kappa shape index (κ1) is 25.6. The Balaban J connectivity index is 0.00000306. The van der Waals surface area contributed by atoms with Crippen LogP contribution < -0.4 is 10.2 Å². The summed E-state index contributed by atoms with van der Waals surface area (Å²) in [6.45, 7) is 7.68. The zero-order valence-corrected chi connectivity index (χ0v) is 21.3. The lowest BCUT2D eigenvalue weighted by atomic mass is 10.1. The first-order valence-electron chi connectivity index (χ1n) is 11.2. The van der Waals surface area contributed by atoms with Gasteiger partial charge in [-0.15, -0.1) is 24.0 Å². The Morgan fingerprint density at radius 2 is 1.67 bits per heavy atom.